The van der Waals surface area contributed by atoms with Crippen molar-refractivity contribution in [2.24, 2.45) is 0 Å². The van der Waals surface area contributed by atoms with Gasteiger partial charge in [-0.1, -0.05) is 12.1 Å². The van der Waals surface area contributed by atoms with Gasteiger partial charge in [0.2, 0.25) is 6.10 Å². The summed E-state index contributed by atoms with van der Waals surface area (Å²) in [7, 11) is 1.78. The highest BCUT2D eigenvalue weighted by Crippen LogP contribution is 2.33. The number of carbonyl (C=O) groups is 1. The first-order valence-corrected chi connectivity index (χ1v) is 7.41. The maximum atomic E-state index is 12.5. The summed E-state index contributed by atoms with van der Waals surface area (Å²) < 4.78 is 11.6. The van der Waals surface area contributed by atoms with Gasteiger partial charge >= 0.3 is 0 Å². The summed E-state index contributed by atoms with van der Waals surface area (Å²) in [5.74, 6) is 1.23. The Kier molecular flexibility index (Phi) is 5.44. The van der Waals surface area contributed by atoms with E-state index in [0.29, 0.717) is 18.0 Å². The van der Waals surface area contributed by atoms with E-state index in [-0.39, 0.29) is 18.6 Å². The van der Waals surface area contributed by atoms with Crippen LogP contribution in [0.15, 0.2) is 24.3 Å². The van der Waals surface area contributed by atoms with Gasteiger partial charge in [-0.3, -0.25) is 4.79 Å². The average Bonchev–Trinajstić information content (AvgIpc) is 2.50. The van der Waals surface area contributed by atoms with Gasteiger partial charge in [0, 0.05) is 20.2 Å². The molecule has 1 aromatic rings. The smallest absolute Gasteiger partial charge is 0.267 e. The van der Waals surface area contributed by atoms with Gasteiger partial charge in [0.05, 0.1) is 0 Å². The van der Waals surface area contributed by atoms with Crippen LogP contribution in [0.25, 0.3) is 0 Å². The molecule has 2 atom stereocenters. The normalized spacial score (nSPS) is 20.1. The number of aliphatic hydroxyl groups is 1. The molecule has 116 valence electrons. The van der Waals surface area contributed by atoms with E-state index in [9.17, 15) is 4.79 Å². The molecule has 1 aromatic carbocycles. The van der Waals surface area contributed by atoms with Gasteiger partial charge in [0.25, 0.3) is 5.91 Å². The fourth-order valence-corrected chi connectivity index (χ4v) is 2.36. The summed E-state index contributed by atoms with van der Waals surface area (Å²) in [6.07, 6.45) is 1.64. The van der Waals surface area contributed by atoms with Gasteiger partial charge in [-0.2, -0.15) is 0 Å². The molecule has 0 radical (unpaired) electrons. The van der Waals surface area contributed by atoms with Crippen molar-refractivity contribution in [1.82, 2.24) is 4.90 Å². The minimum absolute atomic E-state index is 0.0685. The number of para-hydroxylation sites is 2. The van der Waals surface area contributed by atoms with Crippen LogP contribution in [0.1, 0.15) is 26.2 Å². The fraction of sp³-hybridized carbons (Fsp3) is 0.562. The number of likely N-dealkylation sites (N-methyl/N-ethyl adjacent to an activating group) is 1. The molecule has 1 heterocycles. The van der Waals surface area contributed by atoms with Crippen molar-refractivity contribution in [3.05, 3.63) is 24.3 Å². The summed E-state index contributed by atoms with van der Waals surface area (Å²) in [5, 5.41) is 8.76. The SMILES string of the molecule is CC1Oc2ccccc2OC1C(=O)N(C)CCCCCO. The van der Waals surface area contributed by atoms with E-state index in [2.05, 4.69) is 0 Å². The molecule has 1 amide bonds. The van der Waals surface area contributed by atoms with E-state index in [1.807, 2.05) is 31.2 Å². The minimum atomic E-state index is -0.609. The van der Waals surface area contributed by atoms with E-state index in [0.717, 1.165) is 19.3 Å². The third-order valence-electron chi connectivity index (χ3n) is 3.61. The molecule has 1 aliphatic heterocycles. The van der Waals surface area contributed by atoms with Crippen molar-refractivity contribution in [3.8, 4) is 11.5 Å². The van der Waals surface area contributed by atoms with E-state index in [1.54, 1.807) is 11.9 Å². The molecule has 21 heavy (non-hydrogen) atoms. The van der Waals surface area contributed by atoms with Crippen molar-refractivity contribution in [1.29, 1.82) is 0 Å². The molecule has 0 fully saturated rings. The Morgan fingerprint density at radius 3 is 2.52 bits per heavy atom. The Balaban J connectivity index is 1.93. The van der Waals surface area contributed by atoms with Gasteiger partial charge in [-0.25, -0.2) is 0 Å². The van der Waals surface area contributed by atoms with E-state index in [1.165, 1.54) is 0 Å². The maximum Gasteiger partial charge on any atom is 0.267 e. The highest BCUT2D eigenvalue weighted by molar-refractivity contribution is 5.82. The predicted octanol–water partition coefficient (Wildman–Crippen LogP) is 1.84. The number of fused-ring (bicyclic) bond motifs is 1. The Morgan fingerprint density at radius 1 is 1.19 bits per heavy atom. The van der Waals surface area contributed by atoms with Crippen LogP contribution in [-0.2, 0) is 4.79 Å². The summed E-state index contributed by atoms with van der Waals surface area (Å²) in [6.45, 7) is 2.70. The highest BCUT2D eigenvalue weighted by atomic mass is 16.6. The number of amides is 1. The largest absolute Gasteiger partial charge is 0.482 e. The summed E-state index contributed by atoms with van der Waals surface area (Å²) in [4.78, 5) is 14.1. The van der Waals surface area contributed by atoms with Crippen LogP contribution in [0.5, 0.6) is 11.5 Å². The van der Waals surface area contributed by atoms with Crippen LogP contribution in [0.4, 0.5) is 0 Å². The monoisotopic (exact) mass is 293 g/mol. The fourth-order valence-electron chi connectivity index (χ4n) is 2.36. The standard InChI is InChI=1S/C16H23NO4/c1-12-15(16(19)17(2)10-6-3-7-11-18)21-14-9-5-4-8-13(14)20-12/h4-5,8-9,12,15,18H,3,6-7,10-11H2,1-2H3. The lowest BCUT2D eigenvalue weighted by atomic mass is 10.1. The van der Waals surface area contributed by atoms with Gasteiger partial charge in [-0.15, -0.1) is 0 Å². The van der Waals surface area contributed by atoms with E-state index >= 15 is 0 Å². The van der Waals surface area contributed by atoms with Crippen LogP contribution < -0.4 is 9.47 Å². The number of nitrogens with zero attached hydrogens (tertiary/aromatic N) is 1. The van der Waals surface area contributed by atoms with Crippen LogP contribution in [0.2, 0.25) is 0 Å². The molecule has 0 saturated heterocycles. The van der Waals surface area contributed by atoms with Crippen molar-refractivity contribution >= 4 is 5.91 Å². The molecule has 0 saturated carbocycles. The first kappa shape index (κ1) is 15.6. The third kappa shape index (κ3) is 3.88. The molecular weight excluding hydrogens is 270 g/mol. The molecule has 0 bridgehead atoms. The Bertz CT molecular complexity index is 477. The third-order valence-corrected chi connectivity index (χ3v) is 3.61. The first-order valence-electron chi connectivity index (χ1n) is 7.41. The lowest BCUT2D eigenvalue weighted by molar-refractivity contribution is -0.143. The number of hydrogen-bond acceptors (Lipinski definition) is 4. The lowest BCUT2D eigenvalue weighted by Crippen LogP contribution is -2.49. The van der Waals surface area contributed by atoms with Crippen molar-refractivity contribution in [3.63, 3.8) is 0 Å². The van der Waals surface area contributed by atoms with Crippen LogP contribution in [0, 0.1) is 0 Å². The van der Waals surface area contributed by atoms with Gasteiger partial charge < -0.3 is 19.5 Å². The van der Waals surface area contributed by atoms with Crippen LogP contribution in [-0.4, -0.2) is 48.3 Å². The van der Waals surface area contributed by atoms with Crippen LogP contribution >= 0.6 is 0 Å². The number of unbranched alkanes of at least 4 members (excludes halogenated alkanes) is 2. The van der Waals surface area contributed by atoms with E-state index in [4.69, 9.17) is 14.6 Å². The molecule has 1 aliphatic rings. The molecule has 5 heteroatoms. The van der Waals surface area contributed by atoms with Crippen molar-refractivity contribution < 1.29 is 19.4 Å². The second-order valence-electron chi connectivity index (χ2n) is 5.35. The molecule has 0 spiro atoms. The summed E-state index contributed by atoms with van der Waals surface area (Å²) in [5.41, 5.74) is 0. The molecule has 2 rings (SSSR count). The zero-order valence-electron chi connectivity index (χ0n) is 12.6. The molecule has 2 unspecified atom stereocenters. The second kappa shape index (κ2) is 7.31. The predicted molar refractivity (Wildman–Crippen MR) is 79.5 cm³/mol. The Morgan fingerprint density at radius 2 is 1.86 bits per heavy atom. The number of ether oxygens (including phenoxy) is 2. The Hall–Kier alpha value is -1.75. The molecular formula is C16H23NO4. The maximum absolute atomic E-state index is 12.5. The topological polar surface area (TPSA) is 59.0 Å². The number of carbonyl (C=O) groups excluding carboxylic acids is 1. The van der Waals surface area contributed by atoms with Gasteiger partial charge in [0.1, 0.15) is 6.10 Å². The van der Waals surface area contributed by atoms with Gasteiger partial charge in [-0.05, 0) is 38.3 Å². The number of benzene rings is 1. The quantitative estimate of drug-likeness (QED) is 0.813. The minimum Gasteiger partial charge on any atom is -0.482 e. The highest BCUT2D eigenvalue weighted by Gasteiger charge is 2.35. The zero-order chi connectivity index (χ0) is 15.2. The van der Waals surface area contributed by atoms with E-state index < -0.39 is 6.10 Å². The number of hydrogen-bond donors (Lipinski definition) is 1. The van der Waals surface area contributed by atoms with Crippen LogP contribution in [0.3, 0.4) is 0 Å². The van der Waals surface area contributed by atoms with Crippen molar-refractivity contribution in [2.75, 3.05) is 20.2 Å². The first-order chi connectivity index (χ1) is 10.1. The second-order valence-corrected chi connectivity index (χ2v) is 5.35. The zero-order valence-corrected chi connectivity index (χ0v) is 12.6. The number of rotatable bonds is 6. The Labute approximate surface area is 125 Å². The molecule has 5 nitrogen and oxygen atoms in total. The average molecular weight is 293 g/mol. The molecule has 0 aliphatic carbocycles. The number of aliphatic hydroxyl groups excluding tert-OH is 1. The molecule has 1 N–H and O–H groups in total. The molecule has 0 aromatic heterocycles. The van der Waals surface area contributed by atoms with Crippen molar-refractivity contribution in [2.45, 2.75) is 38.4 Å². The summed E-state index contributed by atoms with van der Waals surface area (Å²) >= 11 is 0. The summed E-state index contributed by atoms with van der Waals surface area (Å²) in [6, 6.07) is 7.39. The lowest BCUT2D eigenvalue weighted by Gasteiger charge is -2.33. The van der Waals surface area contributed by atoms with Gasteiger partial charge in [0.15, 0.2) is 11.5 Å².